The summed E-state index contributed by atoms with van der Waals surface area (Å²) in [4.78, 5) is 13.1. The number of carbonyl (C=O) groups excluding carboxylic acids is 1. The Labute approximate surface area is 96.4 Å². The SMILES string of the molecule is COC(=O)c1sc(C(C)(C)C)cc1Br. The van der Waals surface area contributed by atoms with Gasteiger partial charge in [0.2, 0.25) is 0 Å². The van der Waals surface area contributed by atoms with E-state index in [1.807, 2.05) is 6.07 Å². The first-order valence-electron chi connectivity index (χ1n) is 4.24. The van der Waals surface area contributed by atoms with Crippen molar-refractivity contribution in [3.05, 3.63) is 20.3 Å². The van der Waals surface area contributed by atoms with Crippen LogP contribution in [0.1, 0.15) is 35.3 Å². The van der Waals surface area contributed by atoms with E-state index >= 15 is 0 Å². The fourth-order valence-corrected chi connectivity index (χ4v) is 2.78. The van der Waals surface area contributed by atoms with Crippen LogP contribution >= 0.6 is 27.3 Å². The number of halogens is 1. The Bertz CT molecular complexity index is 349. The van der Waals surface area contributed by atoms with Gasteiger partial charge in [0.1, 0.15) is 4.88 Å². The second kappa shape index (κ2) is 4.03. The van der Waals surface area contributed by atoms with Gasteiger partial charge in [-0.25, -0.2) is 4.79 Å². The minimum Gasteiger partial charge on any atom is -0.465 e. The monoisotopic (exact) mass is 276 g/mol. The van der Waals surface area contributed by atoms with Crippen molar-refractivity contribution in [3.63, 3.8) is 0 Å². The first kappa shape index (κ1) is 11.7. The number of hydrogen-bond acceptors (Lipinski definition) is 3. The molecule has 0 N–H and O–H groups in total. The maximum absolute atomic E-state index is 11.3. The van der Waals surface area contributed by atoms with Gasteiger partial charge >= 0.3 is 5.97 Å². The summed E-state index contributed by atoms with van der Waals surface area (Å²) < 4.78 is 5.50. The van der Waals surface area contributed by atoms with Crippen molar-refractivity contribution in [2.45, 2.75) is 26.2 Å². The minimum absolute atomic E-state index is 0.0689. The van der Waals surface area contributed by atoms with Gasteiger partial charge < -0.3 is 4.74 Å². The second-order valence-corrected chi connectivity index (χ2v) is 5.94. The van der Waals surface area contributed by atoms with E-state index < -0.39 is 0 Å². The number of hydrogen-bond donors (Lipinski definition) is 0. The fourth-order valence-electron chi connectivity index (χ4n) is 0.970. The third-order valence-electron chi connectivity index (χ3n) is 1.80. The molecule has 0 aliphatic rings. The highest BCUT2D eigenvalue weighted by Crippen LogP contribution is 2.35. The van der Waals surface area contributed by atoms with Gasteiger partial charge in [0.05, 0.1) is 7.11 Å². The first-order chi connectivity index (χ1) is 6.36. The van der Waals surface area contributed by atoms with Crippen molar-refractivity contribution >= 4 is 33.2 Å². The van der Waals surface area contributed by atoms with Gasteiger partial charge in [0.15, 0.2) is 0 Å². The number of ether oxygens (including phenoxy) is 1. The molecule has 1 aromatic rings. The van der Waals surface area contributed by atoms with Crippen molar-refractivity contribution in [2.24, 2.45) is 0 Å². The molecular formula is C10H13BrO2S. The van der Waals surface area contributed by atoms with Gasteiger partial charge in [-0.05, 0) is 27.4 Å². The van der Waals surface area contributed by atoms with E-state index in [2.05, 4.69) is 41.4 Å². The molecule has 0 bridgehead atoms. The van der Waals surface area contributed by atoms with Crippen molar-refractivity contribution in [1.82, 2.24) is 0 Å². The molecule has 0 atom stereocenters. The van der Waals surface area contributed by atoms with Crippen LogP contribution in [0.3, 0.4) is 0 Å². The highest BCUT2D eigenvalue weighted by atomic mass is 79.9. The molecule has 0 aromatic carbocycles. The van der Waals surface area contributed by atoms with Gasteiger partial charge in [0.25, 0.3) is 0 Å². The normalized spacial score (nSPS) is 11.5. The summed E-state index contributed by atoms with van der Waals surface area (Å²) in [5, 5.41) is 0. The summed E-state index contributed by atoms with van der Waals surface area (Å²) in [5.74, 6) is -0.280. The molecule has 0 aliphatic carbocycles. The van der Waals surface area contributed by atoms with E-state index in [4.69, 9.17) is 0 Å². The smallest absolute Gasteiger partial charge is 0.349 e. The first-order valence-corrected chi connectivity index (χ1v) is 5.85. The van der Waals surface area contributed by atoms with Crippen LogP contribution in [0, 0.1) is 0 Å². The van der Waals surface area contributed by atoms with E-state index in [1.54, 1.807) is 0 Å². The Hall–Kier alpha value is -0.350. The van der Waals surface area contributed by atoms with Gasteiger partial charge in [-0.15, -0.1) is 11.3 Å². The van der Waals surface area contributed by atoms with Crippen LogP contribution in [0.5, 0.6) is 0 Å². The molecular weight excluding hydrogens is 264 g/mol. The minimum atomic E-state index is -0.280. The predicted molar refractivity (Wildman–Crippen MR) is 62.1 cm³/mol. The quantitative estimate of drug-likeness (QED) is 0.733. The Balaban J connectivity index is 3.12. The van der Waals surface area contributed by atoms with Gasteiger partial charge in [-0.3, -0.25) is 0 Å². The molecule has 0 radical (unpaired) electrons. The molecule has 0 saturated carbocycles. The van der Waals surface area contributed by atoms with Crippen LogP contribution in [-0.2, 0) is 10.2 Å². The number of thiophene rings is 1. The lowest BCUT2D eigenvalue weighted by Crippen LogP contribution is -2.08. The number of esters is 1. The zero-order valence-corrected chi connectivity index (χ0v) is 11.1. The summed E-state index contributed by atoms with van der Waals surface area (Å²) in [7, 11) is 1.39. The van der Waals surface area contributed by atoms with E-state index in [0.717, 1.165) is 4.47 Å². The van der Waals surface area contributed by atoms with Crippen LogP contribution in [-0.4, -0.2) is 13.1 Å². The highest BCUT2D eigenvalue weighted by molar-refractivity contribution is 9.10. The fraction of sp³-hybridized carbons (Fsp3) is 0.500. The largest absolute Gasteiger partial charge is 0.465 e. The lowest BCUT2D eigenvalue weighted by atomic mass is 9.95. The zero-order chi connectivity index (χ0) is 10.9. The number of methoxy groups -OCH3 is 1. The lowest BCUT2D eigenvalue weighted by molar-refractivity contribution is 0.0605. The molecule has 1 rings (SSSR count). The van der Waals surface area contributed by atoms with Crippen LogP contribution in [0.25, 0.3) is 0 Å². The highest BCUT2D eigenvalue weighted by Gasteiger charge is 2.22. The number of carbonyl (C=O) groups is 1. The van der Waals surface area contributed by atoms with Gasteiger partial charge in [-0.1, -0.05) is 20.8 Å². The number of rotatable bonds is 1. The molecule has 0 fully saturated rings. The summed E-state index contributed by atoms with van der Waals surface area (Å²) >= 11 is 4.84. The van der Waals surface area contributed by atoms with E-state index in [0.29, 0.717) is 4.88 Å². The third kappa shape index (κ3) is 2.36. The van der Waals surface area contributed by atoms with Crippen molar-refractivity contribution < 1.29 is 9.53 Å². The predicted octanol–water partition coefficient (Wildman–Crippen LogP) is 3.59. The molecule has 2 nitrogen and oxygen atoms in total. The molecule has 0 spiro atoms. The van der Waals surface area contributed by atoms with Crippen LogP contribution in [0.15, 0.2) is 10.5 Å². The molecule has 0 aliphatic heterocycles. The molecule has 1 heterocycles. The van der Waals surface area contributed by atoms with Gasteiger partial charge in [0, 0.05) is 9.35 Å². The van der Waals surface area contributed by atoms with Crippen LogP contribution in [0.4, 0.5) is 0 Å². The molecule has 1 aromatic heterocycles. The van der Waals surface area contributed by atoms with Crippen molar-refractivity contribution in [1.29, 1.82) is 0 Å². The zero-order valence-electron chi connectivity index (χ0n) is 8.68. The molecule has 0 unspecified atom stereocenters. The summed E-state index contributed by atoms with van der Waals surface area (Å²) in [6, 6.07) is 1.98. The third-order valence-corrected chi connectivity index (χ3v) is 4.23. The standard InChI is InChI=1S/C10H13BrO2S/c1-10(2,3)7-5-6(11)8(14-7)9(12)13-4/h5H,1-4H3. The maximum atomic E-state index is 11.3. The van der Waals surface area contributed by atoms with Gasteiger partial charge in [-0.2, -0.15) is 0 Å². The topological polar surface area (TPSA) is 26.3 Å². The van der Waals surface area contributed by atoms with E-state index in [1.165, 1.54) is 23.3 Å². The second-order valence-electron chi connectivity index (χ2n) is 4.03. The van der Waals surface area contributed by atoms with E-state index in [9.17, 15) is 4.79 Å². The summed E-state index contributed by atoms with van der Waals surface area (Å²) in [6.45, 7) is 6.35. The Kier molecular flexibility index (Phi) is 3.37. The summed E-state index contributed by atoms with van der Waals surface area (Å²) in [6.07, 6.45) is 0. The van der Waals surface area contributed by atoms with Crippen molar-refractivity contribution in [2.75, 3.05) is 7.11 Å². The average molecular weight is 277 g/mol. The lowest BCUT2D eigenvalue weighted by Gasteiger charge is -2.14. The molecule has 78 valence electrons. The molecule has 0 amide bonds. The van der Waals surface area contributed by atoms with Crippen LogP contribution in [0.2, 0.25) is 0 Å². The Morgan fingerprint density at radius 1 is 1.50 bits per heavy atom. The van der Waals surface area contributed by atoms with Crippen molar-refractivity contribution in [3.8, 4) is 0 Å². The van der Waals surface area contributed by atoms with Crippen LogP contribution < -0.4 is 0 Å². The molecule has 0 saturated heterocycles. The summed E-state index contributed by atoms with van der Waals surface area (Å²) in [5.41, 5.74) is 0.0689. The molecule has 14 heavy (non-hydrogen) atoms. The maximum Gasteiger partial charge on any atom is 0.349 e. The van der Waals surface area contributed by atoms with E-state index in [-0.39, 0.29) is 11.4 Å². The Morgan fingerprint density at radius 2 is 2.07 bits per heavy atom. The Morgan fingerprint density at radius 3 is 2.43 bits per heavy atom. The average Bonchev–Trinajstić information content (AvgIpc) is 2.45. The molecule has 4 heteroatoms.